The molecule has 3 aromatic carbocycles. The average Bonchev–Trinajstić information content (AvgIpc) is 2.84. The Labute approximate surface area is 196 Å². The van der Waals surface area contributed by atoms with E-state index >= 15 is 0 Å². The Morgan fingerprint density at radius 2 is 1.65 bits per heavy atom. The molecule has 0 radical (unpaired) electrons. The Kier molecular flexibility index (Phi) is 8.28. The highest BCUT2D eigenvalue weighted by Gasteiger charge is 2.30. The Hall–Kier alpha value is -3.39. The van der Waals surface area contributed by atoms with Gasteiger partial charge in [-0.1, -0.05) is 48.5 Å². The average molecular weight is 474 g/mol. The summed E-state index contributed by atoms with van der Waals surface area (Å²) in [7, 11) is 2.90. The molecule has 180 valence electrons. The Morgan fingerprint density at radius 1 is 0.971 bits per heavy atom. The van der Waals surface area contributed by atoms with Crippen molar-refractivity contribution >= 4 is 5.91 Å². The van der Waals surface area contributed by atoms with Gasteiger partial charge in [-0.2, -0.15) is 13.2 Å². The minimum Gasteiger partial charge on any atom is -0.494 e. The Balaban J connectivity index is 1.88. The van der Waals surface area contributed by atoms with Crippen molar-refractivity contribution in [1.29, 1.82) is 0 Å². The van der Waals surface area contributed by atoms with E-state index in [1.54, 1.807) is 6.07 Å². The standard InChI is InChI=1S/C26H26F4N2O2/c1-31-25(33)24(18-6-4-3-5-7-18)32-22(19-11-15-23(34-2)21(27)16-19)14-10-17-8-12-20(13-9-17)26(28,29)30/h3-9,11-13,15-16,22,24,32H,10,14H2,1-2H3,(H,31,33)/t22?,24-/m1/s1. The molecule has 0 spiro atoms. The van der Waals surface area contributed by atoms with Crippen molar-refractivity contribution in [3.63, 3.8) is 0 Å². The van der Waals surface area contributed by atoms with Crippen LogP contribution in [0, 0.1) is 5.82 Å². The second kappa shape index (κ2) is 11.2. The van der Waals surface area contributed by atoms with Crippen LogP contribution in [0.2, 0.25) is 0 Å². The highest BCUT2D eigenvalue weighted by atomic mass is 19.4. The zero-order chi connectivity index (χ0) is 24.7. The van der Waals surface area contributed by atoms with Gasteiger partial charge in [-0.15, -0.1) is 0 Å². The Morgan fingerprint density at radius 3 is 2.21 bits per heavy atom. The molecule has 3 aromatic rings. The normalized spacial score (nSPS) is 13.2. The maximum absolute atomic E-state index is 14.5. The van der Waals surface area contributed by atoms with E-state index in [1.807, 2.05) is 30.3 Å². The van der Waals surface area contributed by atoms with Gasteiger partial charge >= 0.3 is 6.18 Å². The van der Waals surface area contributed by atoms with E-state index in [4.69, 9.17) is 4.74 Å². The lowest BCUT2D eigenvalue weighted by atomic mass is 9.95. The molecule has 3 rings (SSSR count). The Bertz CT molecular complexity index is 1090. The van der Waals surface area contributed by atoms with E-state index in [2.05, 4.69) is 10.6 Å². The van der Waals surface area contributed by atoms with Gasteiger partial charge in [0.2, 0.25) is 5.91 Å². The largest absolute Gasteiger partial charge is 0.494 e. The van der Waals surface area contributed by atoms with Gasteiger partial charge in [-0.05, 0) is 53.8 Å². The minimum atomic E-state index is -4.40. The third kappa shape index (κ3) is 6.35. The zero-order valence-corrected chi connectivity index (χ0v) is 18.8. The topological polar surface area (TPSA) is 50.4 Å². The maximum Gasteiger partial charge on any atom is 0.416 e. The second-order valence-corrected chi connectivity index (χ2v) is 7.80. The molecule has 0 heterocycles. The van der Waals surface area contributed by atoms with Gasteiger partial charge < -0.3 is 10.1 Å². The molecule has 8 heteroatoms. The van der Waals surface area contributed by atoms with Crippen LogP contribution in [0.25, 0.3) is 0 Å². The quantitative estimate of drug-likeness (QED) is 0.397. The van der Waals surface area contributed by atoms with Crippen molar-refractivity contribution in [2.24, 2.45) is 0 Å². The number of carbonyl (C=O) groups excluding carboxylic acids is 1. The molecule has 2 N–H and O–H groups in total. The fraction of sp³-hybridized carbons (Fsp3) is 0.269. The van der Waals surface area contributed by atoms with Gasteiger partial charge in [-0.3, -0.25) is 10.1 Å². The number of alkyl halides is 3. The fourth-order valence-electron chi connectivity index (χ4n) is 3.73. The van der Waals surface area contributed by atoms with Gasteiger partial charge in [-0.25, -0.2) is 4.39 Å². The molecule has 0 aliphatic heterocycles. The zero-order valence-electron chi connectivity index (χ0n) is 18.8. The second-order valence-electron chi connectivity index (χ2n) is 7.80. The molecule has 0 fully saturated rings. The van der Waals surface area contributed by atoms with E-state index in [-0.39, 0.29) is 11.7 Å². The summed E-state index contributed by atoms with van der Waals surface area (Å²) in [6, 6.07) is 17.4. The SMILES string of the molecule is CNC(=O)[C@H](NC(CCc1ccc(C(F)(F)F)cc1)c1ccc(OC)c(F)c1)c1ccccc1. The van der Waals surface area contributed by atoms with Crippen molar-refractivity contribution < 1.29 is 27.1 Å². The lowest BCUT2D eigenvalue weighted by molar-refractivity contribution is -0.137. The van der Waals surface area contributed by atoms with Crippen LogP contribution in [0.1, 0.15) is 40.8 Å². The number of rotatable bonds is 9. The third-order valence-electron chi connectivity index (χ3n) is 5.59. The number of benzene rings is 3. The van der Waals surface area contributed by atoms with Gasteiger partial charge in [0.05, 0.1) is 12.7 Å². The van der Waals surface area contributed by atoms with Crippen molar-refractivity contribution in [3.05, 3.63) is 101 Å². The molecule has 0 saturated carbocycles. The molecule has 0 aromatic heterocycles. The fourth-order valence-corrected chi connectivity index (χ4v) is 3.73. The predicted molar refractivity (Wildman–Crippen MR) is 122 cm³/mol. The first kappa shape index (κ1) is 25.2. The van der Waals surface area contributed by atoms with E-state index < -0.39 is 29.6 Å². The van der Waals surface area contributed by atoms with Crippen LogP contribution in [-0.2, 0) is 17.4 Å². The van der Waals surface area contributed by atoms with E-state index in [9.17, 15) is 22.4 Å². The molecule has 1 amide bonds. The van der Waals surface area contributed by atoms with E-state index in [1.165, 1.54) is 38.4 Å². The molecular formula is C26H26F4N2O2. The summed E-state index contributed by atoms with van der Waals surface area (Å²) in [5.41, 5.74) is 1.31. The molecule has 0 aliphatic carbocycles. The highest BCUT2D eigenvalue weighted by molar-refractivity contribution is 5.83. The summed E-state index contributed by atoms with van der Waals surface area (Å²) < 4.78 is 58.1. The number of likely N-dealkylation sites (N-methyl/N-ethyl adjacent to an activating group) is 1. The van der Waals surface area contributed by atoms with Crippen LogP contribution in [0.5, 0.6) is 5.75 Å². The molecule has 0 aliphatic rings. The molecule has 1 unspecified atom stereocenters. The summed E-state index contributed by atoms with van der Waals surface area (Å²) >= 11 is 0. The van der Waals surface area contributed by atoms with Crippen LogP contribution in [0.4, 0.5) is 17.6 Å². The number of nitrogens with one attached hydrogen (secondary N) is 2. The molecule has 2 atom stereocenters. The summed E-state index contributed by atoms with van der Waals surface area (Å²) in [5, 5.41) is 5.95. The van der Waals surface area contributed by atoms with Gasteiger partial charge in [0.1, 0.15) is 6.04 Å². The number of halogens is 4. The number of hydrogen-bond donors (Lipinski definition) is 2. The number of hydrogen-bond acceptors (Lipinski definition) is 3. The lowest BCUT2D eigenvalue weighted by Gasteiger charge is -2.26. The van der Waals surface area contributed by atoms with Crippen LogP contribution in [0.3, 0.4) is 0 Å². The monoisotopic (exact) mass is 474 g/mol. The van der Waals surface area contributed by atoms with Crippen LogP contribution < -0.4 is 15.4 Å². The number of aryl methyl sites for hydroxylation is 1. The molecule has 0 saturated heterocycles. The minimum absolute atomic E-state index is 0.0937. The lowest BCUT2D eigenvalue weighted by Crippen LogP contribution is -2.38. The smallest absolute Gasteiger partial charge is 0.416 e. The number of amides is 1. The first-order chi connectivity index (χ1) is 16.2. The molecular weight excluding hydrogens is 448 g/mol. The van der Waals surface area contributed by atoms with Crippen molar-refractivity contribution in [2.45, 2.75) is 31.1 Å². The predicted octanol–water partition coefficient (Wildman–Crippen LogP) is 5.60. The first-order valence-electron chi connectivity index (χ1n) is 10.7. The highest BCUT2D eigenvalue weighted by Crippen LogP contribution is 2.31. The van der Waals surface area contributed by atoms with Crippen LogP contribution in [0.15, 0.2) is 72.8 Å². The molecule has 34 heavy (non-hydrogen) atoms. The maximum atomic E-state index is 14.5. The van der Waals surface area contributed by atoms with Gasteiger partial charge in [0.25, 0.3) is 0 Å². The van der Waals surface area contributed by atoms with Crippen molar-refractivity contribution in [1.82, 2.24) is 10.6 Å². The van der Waals surface area contributed by atoms with E-state index in [0.29, 0.717) is 24.0 Å². The third-order valence-corrected chi connectivity index (χ3v) is 5.59. The van der Waals surface area contributed by atoms with Crippen molar-refractivity contribution in [3.8, 4) is 5.75 Å². The molecule has 0 bridgehead atoms. The first-order valence-corrected chi connectivity index (χ1v) is 10.7. The number of ether oxygens (including phenoxy) is 1. The van der Waals surface area contributed by atoms with Gasteiger partial charge in [0, 0.05) is 13.1 Å². The van der Waals surface area contributed by atoms with Crippen LogP contribution in [-0.4, -0.2) is 20.1 Å². The molecule has 4 nitrogen and oxygen atoms in total. The summed E-state index contributed by atoms with van der Waals surface area (Å²) in [5.74, 6) is -0.714. The van der Waals surface area contributed by atoms with Gasteiger partial charge in [0.15, 0.2) is 11.6 Å². The summed E-state index contributed by atoms with van der Waals surface area (Å²) in [6.45, 7) is 0. The number of methoxy groups -OCH3 is 1. The number of carbonyl (C=O) groups is 1. The summed E-state index contributed by atoms with van der Waals surface area (Å²) in [6.07, 6.45) is -3.57. The summed E-state index contributed by atoms with van der Waals surface area (Å²) in [4.78, 5) is 12.7. The van der Waals surface area contributed by atoms with Crippen molar-refractivity contribution in [2.75, 3.05) is 14.2 Å². The van der Waals surface area contributed by atoms with Crippen LogP contribution >= 0.6 is 0 Å². The van der Waals surface area contributed by atoms with E-state index in [0.717, 1.165) is 17.7 Å².